The van der Waals surface area contributed by atoms with E-state index < -0.39 is 21.8 Å². The minimum atomic E-state index is -3.30. The molecular weight excluding hydrogens is 372 g/mol. The maximum atomic E-state index is 12.1. The fraction of sp³-hybridized carbons (Fsp3) is 0.529. The van der Waals surface area contributed by atoms with E-state index in [2.05, 4.69) is 15.5 Å². The van der Waals surface area contributed by atoms with E-state index in [9.17, 15) is 18.0 Å². The van der Waals surface area contributed by atoms with E-state index in [4.69, 9.17) is 4.74 Å². The summed E-state index contributed by atoms with van der Waals surface area (Å²) in [7, 11) is -3.30. The Morgan fingerprint density at radius 1 is 1.11 bits per heavy atom. The van der Waals surface area contributed by atoms with Gasteiger partial charge in [-0.2, -0.15) is 0 Å². The zero-order valence-corrected chi connectivity index (χ0v) is 15.8. The van der Waals surface area contributed by atoms with Gasteiger partial charge in [0.15, 0.2) is 0 Å². The summed E-state index contributed by atoms with van der Waals surface area (Å²) >= 11 is 0. The van der Waals surface area contributed by atoms with Gasteiger partial charge in [0.2, 0.25) is 10.0 Å². The molecule has 0 atom stereocenters. The average Bonchev–Trinajstić information content (AvgIpc) is 3.02. The average molecular weight is 396 g/mol. The molecule has 0 spiro atoms. The lowest BCUT2D eigenvalue weighted by atomic mass is 10.2. The summed E-state index contributed by atoms with van der Waals surface area (Å²) in [6.45, 7) is 4.43. The van der Waals surface area contributed by atoms with Gasteiger partial charge in [-0.15, -0.1) is 0 Å². The molecule has 0 radical (unpaired) electrons. The van der Waals surface area contributed by atoms with Crippen molar-refractivity contribution in [2.75, 3.05) is 61.3 Å². The van der Waals surface area contributed by atoms with Crippen LogP contribution in [0.25, 0.3) is 0 Å². The van der Waals surface area contributed by atoms with Crippen molar-refractivity contribution < 1.29 is 22.7 Å². The Kier molecular flexibility index (Phi) is 6.30. The molecule has 148 valence electrons. The minimum absolute atomic E-state index is 0.120. The summed E-state index contributed by atoms with van der Waals surface area (Å²) in [6, 6.07) is 6.49. The van der Waals surface area contributed by atoms with Crippen LogP contribution in [0, 0.1) is 0 Å². The van der Waals surface area contributed by atoms with Crippen LogP contribution in [-0.2, 0) is 24.3 Å². The van der Waals surface area contributed by atoms with Crippen LogP contribution in [0.4, 0.5) is 11.4 Å². The van der Waals surface area contributed by atoms with Gasteiger partial charge in [-0.25, -0.2) is 8.42 Å². The summed E-state index contributed by atoms with van der Waals surface area (Å²) in [5.41, 5.74) is 0.862. The van der Waals surface area contributed by atoms with Crippen molar-refractivity contribution in [3.8, 4) is 0 Å². The Labute approximate surface area is 158 Å². The number of morpholine rings is 1. The summed E-state index contributed by atoms with van der Waals surface area (Å²) in [6.07, 6.45) is 0.574. The van der Waals surface area contributed by atoms with Gasteiger partial charge < -0.3 is 15.4 Å². The van der Waals surface area contributed by atoms with Crippen molar-refractivity contribution in [1.82, 2.24) is 10.2 Å². The van der Waals surface area contributed by atoms with E-state index in [1.165, 1.54) is 4.31 Å². The van der Waals surface area contributed by atoms with E-state index in [0.29, 0.717) is 50.6 Å². The molecule has 2 saturated heterocycles. The number of carbonyl (C=O) groups excluding carboxylic acids is 2. The Morgan fingerprint density at radius 3 is 2.59 bits per heavy atom. The zero-order valence-electron chi connectivity index (χ0n) is 15.0. The molecule has 3 rings (SSSR count). The fourth-order valence-corrected chi connectivity index (χ4v) is 4.65. The Hall–Kier alpha value is -2.17. The van der Waals surface area contributed by atoms with Gasteiger partial charge in [-0.05, 0) is 24.6 Å². The molecule has 0 aromatic heterocycles. The highest BCUT2D eigenvalue weighted by molar-refractivity contribution is 7.93. The largest absolute Gasteiger partial charge is 0.379 e. The number of sulfonamides is 1. The molecule has 2 N–H and O–H groups in total. The first-order valence-electron chi connectivity index (χ1n) is 8.95. The third-order valence-electron chi connectivity index (χ3n) is 4.51. The number of nitrogens with zero attached hydrogens (tertiary/aromatic N) is 2. The second kappa shape index (κ2) is 8.68. The van der Waals surface area contributed by atoms with Crippen LogP contribution >= 0.6 is 0 Å². The van der Waals surface area contributed by atoms with Crippen LogP contribution in [0.1, 0.15) is 6.42 Å². The molecule has 2 heterocycles. The fourth-order valence-electron chi connectivity index (χ4n) is 3.09. The lowest BCUT2D eigenvalue weighted by Gasteiger charge is -2.26. The Balaban J connectivity index is 1.51. The number of nitrogens with one attached hydrogen (secondary N) is 2. The molecule has 2 amide bonds. The minimum Gasteiger partial charge on any atom is -0.379 e. The highest BCUT2D eigenvalue weighted by Gasteiger charge is 2.28. The van der Waals surface area contributed by atoms with Crippen molar-refractivity contribution in [3.05, 3.63) is 24.3 Å². The molecule has 0 bridgehead atoms. The second-order valence-corrected chi connectivity index (χ2v) is 8.47. The van der Waals surface area contributed by atoms with Gasteiger partial charge in [0.25, 0.3) is 0 Å². The van der Waals surface area contributed by atoms with Gasteiger partial charge >= 0.3 is 11.8 Å². The molecule has 9 nitrogen and oxygen atoms in total. The molecule has 0 unspecified atom stereocenters. The van der Waals surface area contributed by atoms with Gasteiger partial charge in [-0.3, -0.25) is 18.8 Å². The number of hydrogen-bond acceptors (Lipinski definition) is 6. The van der Waals surface area contributed by atoms with E-state index >= 15 is 0 Å². The van der Waals surface area contributed by atoms with Crippen molar-refractivity contribution in [2.45, 2.75) is 6.42 Å². The van der Waals surface area contributed by atoms with Gasteiger partial charge in [-0.1, -0.05) is 6.07 Å². The highest BCUT2D eigenvalue weighted by Crippen LogP contribution is 2.26. The molecule has 27 heavy (non-hydrogen) atoms. The van der Waals surface area contributed by atoms with Crippen LogP contribution in [0.2, 0.25) is 0 Å². The van der Waals surface area contributed by atoms with Crippen molar-refractivity contribution in [2.24, 2.45) is 0 Å². The quantitative estimate of drug-likeness (QED) is 0.657. The van der Waals surface area contributed by atoms with Crippen LogP contribution < -0.4 is 14.9 Å². The van der Waals surface area contributed by atoms with E-state index in [1.807, 2.05) is 0 Å². The summed E-state index contributed by atoms with van der Waals surface area (Å²) in [4.78, 5) is 26.2. The number of carbonyl (C=O) groups is 2. The van der Waals surface area contributed by atoms with Crippen LogP contribution in [0.15, 0.2) is 24.3 Å². The summed E-state index contributed by atoms with van der Waals surface area (Å²) < 4.78 is 30.6. The molecule has 2 fully saturated rings. The normalized spacial score (nSPS) is 19.6. The maximum absolute atomic E-state index is 12.1. The van der Waals surface area contributed by atoms with Crippen molar-refractivity contribution in [3.63, 3.8) is 0 Å². The van der Waals surface area contributed by atoms with E-state index in [-0.39, 0.29) is 5.75 Å². The lowest BCUT2D eigenvalue weighted by Crippen LogP contribution is -2.43. The predicted molar refractivity (Wildman–Crippen MR) is 101 cm³/mol. The van der Waals surface area contributed by atoms with Crippen LogP contribution in [0.3, 0.4) is 0 Å². The molecule has 2 aliphatic heterocycles. The number of benzene rings is 1. The monoisotopic (exact) mass is 396 g/mol. The van der Waals surface area contributed by atoms with E-state index in [1.54, 1.807) is 24.3 Å². The Bertz CT molecular complexity index is 792. The first-order valence-corrected chi connectivity index (χ1v) is 10.6. The molecule has 2 aliphatic rings. The standard InChI is InChI=1S/C17H24N4O5S/c22-16(18-5-7-20-8-10-26-11-9-20)17(23)19-14-3-1-4-15(13-14)21-6-2-12-27(21,24)25/h1,3-4,13H,2,5-12H2,(H,18,22)(H,19,23). The first-order chi connectivity index (χ1) is 13.0. The van der Waals surface area contributed by atoms with Crippen molar-refractivity contribution >= 4 is 33.2 Å². The van der Waals surface area contributed by atoms with Gasteiger partial charge in [0.05, 0.1) is 24.7 Å². The summed E-state index contributed by atoms with van der Waals surface area (Å²) in [5, 5.41) is 5.11. The molecular formula is C17H24N4O5S. The maximum Gasteiger partial charge on any atom is 0.313 e. The van der Waals surface area contributed by atoms with Crippen LogP contribution in [-0.4, -0.2) is 76.8 Å². The molecule has 0 saturated carbocycles. The number of anilines is 2. The molecule has 0 aliphatic carbocycles. The number of rotatable bonds is 5. The molecule has 10 heteroatoms. The van der Waals surface area contributed by atoms with Crippen LogP contribution in [0.5, 0.6) is 0 Å². The topological polar surface area (TPSA) is 108 Å². The third-order valence-corrected chi connectivity index (χ3v) is 6.38. The third kappa shape index (κ3) is 5.18. The molecule has 1 aromatic carbocycles. The van der Waals surface area contributed by atoms with E-state index in [0.717, 1.165) is 13.1 Å². The lowest BCUT2D eigenvalue weighted by molar-refractivity contribution is -0.136. The molecule has 1 aromatic rings. The first kappa shape index (κ1) is 19.6. The zero-order chi connectivity index (χ0) is 19.3. The smallest absolute Gasteiger partial charge is 0.313 e. The number of hydrogen-bond donors (Lipinski definition) is 2. The van der Waals surface area contributed by atoms with Crippen molar-refractivity contribution in [1.29, 1.82) is 0 Å². The number of amides is 2. The number of ether oxygens (including phenoxy) is 1. The predicted octanol–water partition coefficient (Wildman–Crippen LogP) is -0.387. The second-order valence-electron chi connectivity index (χ2n) is 6.46. The highest BCUT2D eigenvalue weighted by atomic mass is 32.2. The van der Waals surface area contributed by atoms with Gasteiger partial charge in [0.1, 0.15) is 0 Å². The summed E-state index contributed by atoms with van der Waals surface area (Å²) in [5.74, 6) is -1.38. The Morgan fingerprint density at radius 2 is 1.89 bits per heavy atom. The van der Waals surface area contributed by atoms with Gasteiger partial charge in [0, 0.05) is 38.4 Å². The SMILES string of the molecule is O=C(NCCN1CCOCC1)C(=O)Nc1cccc(N2CCCS2(=O)=O)c1.